The molecule has 0 aromatic heterocycles. The van der Waals surface area contributed by atoms with Gasteiger partial charge in [0, 0.05) is 19.4 Å². The maximum atomic E-state index is 10.2. The monoisotopic (exact) mass is 306 g/mol. The SMILES string of the molecule is N=C(N)NCCCC(N)C(=O)O.O=C(O)CCCC(=O)O. The van der Waals surface area contributed by atoms with Crippen molar-refractivity contribution in [3.63, 3.8) is 0 Å². The van der Waals surface area contributed by atoms with Crippen LogP contribution in [-0.4, -0.2) is 51.8 Å². The van der Waals surface area contributed by atoms with E-state index in [1.807, 2.05) is 0 Å². The lowest BCUT2D eigenvalue weighted by molar-refractivity contribution is -0.140. The van der Waals surface area contributed by atoms with Gasteiger partial charge in [-0.1, -0.05) is 0 Å². The molecule has 0 aliphatic carbocycles. The fourth-order valence-electron chi connectivity index (χ4n) is 1.06. The molecule has 1 atom stereocenters. The van der Waals surface area contributed by atoms with Crippen LogP contribution in [0.4, 0.5) is 0 Å². The Bertz CT molecular complexity index is 347. The van der Waals surface area contributed by atoms with E-state index in [-0.39, 0.29) is 25.2 Å². The molecule has 0 amide bonds. The highest BCUT2D eigenvalue weighted by molar-refractivity contribution is 5.74. The van der Waals surface area contributed by atoms with Crippen molar-refractivity contribution >= 4 is 23.9 Å². The van der Waals surface area contributed by atoms with Crippen molar-refractivity contribution in [1.82, 2.24) is 5.32 Å². The molecule has 0 spiro atoms. The Morgan fingerprint density at radius 1 is 1.05 bits per heavy atom. The van der Waals surface area contributed by atoms with Gasteiger partial charge in [-0.05, 0) is 19.3 Å². The predicted molar refractivity (Wildman–Crippen MR) is 73.9 cm³/mol. The maximum absolute atomic E-state index is 10.2. The number of carbonyl (C=O) groups is 3. The Balaban J connectivity index is 0. The molecular weight excluding hydrogens is 284 g/mol. The Labute approximate surface area is 121 Å². The molecule has 10 heteroatoms. The normalized spacial score (nSPS) is 10.7. The summed E-state index contributed by atoms with van der Waals surface area (Å²) in [5.74, 6) is -3.01. The summed E-state index contributed by atoms with van der Waals surface area (Å²) < 4.78 is 0. The zero-order valence-corrected chi connectivity index (χ0v) is 11.5. The van der Waals surface area contributed by atoms with Crippen LogP contribution in [0.5, 0.6) is 0 Å². The number of aliphatic carboxylic acids is 3. The van der Waals surface area contributed by atoms with Crippen LogP contribution in [0.2, 0.25) is 0 Å². The topological polar surface area (TPSA) is 200 Å². The number of hydrogen-bond acceptors (Lipinski definition) is 5. The summed E-state index contributed by atoms with van der Waals surface area (Å²) in [5, 5.41) is 33.8. The van der Waals surface area contributed by atoms with E-state index in [2.05, 4.69) is 5.32 Å². The van der Waals surface area contributed by atoms with Gasteiger partial charge in [-0.3, -0.25) is 19.8 Å². The molecule has 0 rings (SSSR count). The van der Waals surface area contributed by atoms with Crippen LogP contribution in [0.15, 0.2) is 0 Å². The molecule has 0 aromatic carbocycles. The Kier molecular flexibility index (Phi) is 12.6. The summed E-state index contributed by atoms with van der Waals surface area (Å²) in [6, 6.07) is -0.821. The summed E-state index contributed by atoms with van der Waals surface area (Å²) in [6.45, 7) is 0.482. The molecule has 0 heterocycles. The molecule has 0 saturated carbocycles. The summed E-state index contributed by atoms with van der Waals surface area (Å²) >= 11 is 0. The quantitative estimate of drug-likeness (QED) is 0.158. The van der Waals surface area contributed by atoms with Crippen LogP contribution < -0.4 is 16.8 Å². The van der Waals surface area contributed by atoms with Gasteiger partial charge in [-0.2, -0.15) is 0 Å². The number of hydrogen-bond donors (Lipinski definition) is 7. The fourth-order valence-corrected chi connectivity index (χ4v) is 1.06. The first-order valence-corrected chi connectivity index (χ1v) is 6.16. The average molecular weight is 306 g/mol. The van der Waals surface area contributed by atoms with Crippen molar-refractivity contribution in [1.29, 1.82) is 5.41 Å². The van der Waals surface area contributed by atoms with Crippen LogP contribution in [0.25, 0.3) is 0 Å². The highest BCUT2D eigenvalue weighted by atomic mass is 16.4. The third-order valence-corrected chi connectivity index (χ3v) is 2.11. The highest BCUT2D eigenvalue weighted by Crippen LogP contribution is 1.93. The van der Waals surface area contributed by atoms with E-state index in [4.69, 9.17) is 32.2 Å². The predicted octanol–water partition coefficient (Wildman–Crippen LogP) is -1.01. The van der Waals surface area contributed by atoms with Gasteiger partial charge in [0.1, 0.15) is 6.04 Å². The van der Waals surface area contributed by atoms with Crippen molar-refractivity contribution < 1.29 is 29.7 Å². The average Bonchev–Trinajstić information content (AvgIpc) is 2.33. The highest BCUT2D eigenvalue weighted by Gasteiger charge is 2.09. The number of rotatable bonds is 9. The second-order valence-corrected chi connectivity index (χ2v) is 4.07. The zero-order chi connectivity index (χ0) is 16.8. The van der Waals surface area contributed by atoms with Gasteiger partial charge < -0.3 is 32.1 Å². The molecule has 0 aromatic rings. The molecule has 0 saturated heterocycles. The largest absolute Gasteiger partial charge is 0.481 e. The first-order valence-electron chi connectivity index (χ1n) is 6.16. The van der Waals surface area contributed by atoms with Crippen molar-refractivity contribution in [2.45, 2.75) is 38.1 Å². The smallest absolute Gasteiger partial charge is 0.320 e. The third kappa shape index (κ3) is 20.1. The van der Waals surface area contributed by atoms with E-state index in [9.17, 15) is 14.4 Å². The lowest BCUT2D eigenvalue weighted by Gasteiger charge is -2.06. The van der Waals surface area contributed by atoms with Crippen LogP contribution in [0.3, 0.4) is 0 Å². The van der Waals surface area contributed by atoms with Crippen LogP contribution in [0.1, 0.15) is 32.1 Å². The summed E-state index contributed by atoms with van der Waals surface area (Å²) in [7, 11) is 0. The number of nitrogens with two attached hydrogens (primary N) is 2. The second-order valence-electron chi connectivity index (χ2n) is 4.07. The summed E-state index contributed by atoms with van der Waals surface area (Å²) in [5.41, 5.74) is 10.2. The number of carboxylic acid groups (broad SMARTS) is 3. The molecule has 122 valence electrons. The number of guanidine groups is 1. The maximum Gasteiger partial charge on any atom is 0.320 e. The first kappa shape index (κ1) is 20.9. The van der Waals surface area contributed by atoms with Gasteiger partial charge in [-0.25, -0.2) is 0 Å². The Morgan fingerprint density at radius 2 is 1.52 bits per heavy atom. The number of carboxylic acids is 3. The van der Waals surface area contributed by atoms with E-state index in [1.165, 1.54) is 0 Å². The van der Waals surface area contributed by atoms with Crippen molar-refractivity contribution in [2.75, 3.05) is 6.54 Å². The van der Waals surface area contributed by atoms with E-state index >= 15 is 0 Å². The van der Waals surface area contributed by atoms with E-state index < -0.39 is 23.9 Å². The minimum Gasteiger partial charge on any atom is -0.481 e. The molecule has 1 unspecified atom stereocenters. The van der Waals surface area contributed by atoms with Gasteiger partial charge in [0.25, 0.3) is 0 Å². The van der Waals surface area contributed by atoms with Gasteiger partial charge in [0.15, 0.2) is 5.96 Å². The Morgan fingerprint density at radius 3 is 1.86 bits per heavy atom. The molecule has 0 bridgehead atoms. The standard InChI is InChI=1S/C6H14N4O2.C5H8O4/c7-4(5(11)12)2-1-3-10-6(8)9;6-4(7)2-1-3-5(8)9/h4H,1-3,7H2,(H,11,12)(H4,8,9,10);1-3H2,(H,6,7)(H,8,9). The first-order chi connectivity index (χ1) is 9.66. The van der Waals surface area contributed by atoms with E-state index in [1.54, 1.807) is 0 Å². The molecular formula is C11H22N4O6. The van der Waals surface area contributed by atoms with Gasteiger partial charge >= 0.3 is 17.9 Å². The summed E-state index contributed by atoms with van der Waals surface area (Å²) in [4.78, 5) is 29.8. The Hall–Kier alpha value is -2.36. The van der Waals surface area contributed by atoms with E-state index in [0.29, 0.717) is 19.4 Å². The van der Waals surface area contributed by atoms with Gasteiger partial charge in [-0.15, -0.1) is 0 Å². The minimum atomic E-state index is -1.00. The van der Waals surface area contributed by atoms with Crippen LogP contribution in [-0.2, 0) is 14.4 Å². The fraction of sp³-hybridized carbons (Fsp3) is 0.636. The number of nitrogens with one attached hydrogen (secondary N) is 2. The van der Waals surface area contributed by atoms with Crippen molar-refractivity contribution in [3.8, 4) is 0 Å². The summed E-state index contributed by atoms with van der Waals surface area (Å²) in [6.07, 6.45) is 1.06. The molecule has 21 heavy (non-hydrogen) atoms. The molecule has 0 aliphatic heterocycles. The second kappa shape index (κ2) is 12.7. The third-order valence-electron chi connectivity index (χ3n) is 2.11. The lowest BCUT2D eigenvalue weighted by atomic mass is 10.2. The molecule has 10 nitrogen and oxygen atoms in total. The zero-order valence-electron chi connectivity index (χ0n) is 11.5. The molecule has 0 radical (unpaired) electrons. The van der Waals surface area contributed by atoms with Crippen LogP contribution in [0, 0.1) is 5.41 Å². The lowest BCUT2D eigenvalue weighted by Crippen LogP contribution is -2.34. The van der Waals surface area contributed by atoms with Gasteiger partial charge in [0.2, 0.25) is 0 Å². The molecule has 0 fully saturated rings. The van der Waals surface area contributed by atoms with Crippen molar-refractivity contribution in [3.05, 3.63) is 0 Å². The van der Waals surface area contributed by atoms with E-state index in [0.717, 1.165) is 0 Å². The van der Waals surface area contributed by atoms with Gasteiger partial charge in [0.05, 0.1) is 0 Å². The molecule has 0 aliphatic rings. The minimum absolute atomic E-state index is 0.0632. The van der Waals surface area contributed by atoms with Crippen molar-refractivity contribution in [2.24, 2.45) is 11.5 Å². The van der Waals surface area contributed by atoms with Crippen LogP contribution >= 0.6 is 0 Å². The molecule has 9 N–H and O–H groups in total.